The normalized spacial score (nSPS) is 10.3. The summed E-state index contributed by atoms with van der Waals surface area (Å²) >= 11 is 4.26. The molecule has 0 saturated carbocycles. The molecule has 0 aliphatic heterocycles. The smallest absolute Gasteiger partial charge is 0.00572 e. The van der Waals surface area contributed by atoms with Gasteiger partial charge >= 0.3 is 0 Å². The Balaban J connectivity index is 3.14. The molecule has 1 heteroatoms. The van der Waals surface area contributed by atoms with Crippen molar-refractivity contribution in [3.8, 4) is 0 Å². The van der Waals surface area contributed by atoms with E-state index in [1.807, 2.05) is 0 Å². The Kier molecular flexibility index (Phi) is 3.21. The lowest BCUT2D eigenvalue weighted by Crippen LogP contribution is -1.96. The molecule has 0 heterocycles. The molecule has 1 aromatic rings. The molecule has 0 nitrogen and oxygen atoms in total. The van der Waals surface area contributed by atoms with Gasteiger partial charge in [-0.3, -0.25) is 0 Å². The van der Waals surface area contributed by atoms with Crippen LogP contribution in [0.15, 0.2) is 12.1 Å². The van der Waals surface area contributed by atoms with Crippen molar-refractivity contribution in [3.05, 3.63) is 34.4 Å². The van der Waals surface area contributed by atoms with Crippen LogP contribution in [-0.2, 0) is 6.42 Å². The maximum absolute atomic E-state index is 4.26. The molecule has 0 N–H and O–H groups in total. The number of aryl methyl sites for hydroxylation is 2. The maximum Gasteiger partial charge on any atom is -0.00572 e. The molecule has 0 bridgehead atoms. The average Bonchev–Trinajstić information content (AvgIpc) is 2.06. The third-order valence-electron chi connectivity index (χ3n) is 2.47. The lowest BCUT2D eigenvalue weighted by atomic mass is 9.97. The zero-order valence-electron chi connectivity index (χ0n) is 8.02. The Hall–Kier alpha value is -0.430. The Morgan fingerprint density at radius 3 is 2.25 bits per heavy atom. The highest BCUT2D eigenvalue weighted by Crippen LogP contribution is 2.18. The van der Waals surface area contributed by atoms with Crippen LogP contribution in [0, 0.1) is 20.8 Å². The fourth-order valence-electron chi connectivity index (χ4n) is 1.51. The average molecular weight is 180 g/mol. The van der Waals surface area contributed by atoms with Gasteiger partial charge in [-0.1, -0.05) is 12.1 Å². The van der Waals surface area contributed by atoms with Crippen LogP contribution in [0.25, 0.3) is 0 Å². The van der Waals surface area contributed by atoms with Gasteiger partial charge in [0.2, 0.25) is 0 Å². The number of hydrogen-bond donors (Lipinski definition) is 1. The van der Waals surface area contributed by atoms with Crippen LogP contribution in [0.3, 0.4) is 0 Å². The molecule has 0 saturated heterocycles. The number of rotatable bonds is 2. The Labute approximate surface area is 80.4 Å². The van der Waals surface area contributed by atoms with Gasteiger partial charge in [-0.25, -0.2) is 0 Å². The molecule has 0 amide bonds. The second-order valence-corrected chi connectivity index (χ2v) is 3.72. The first-order valence-electron chi connectivity index (χ1n) is 4.33. The van der Waals surface area contributed by atoms with Crippen LogP contribution in [0.1, 0.15) is 22.3 Å². The zero-order valence-corrected chi connectivity index (χ0v) is 8.91. The van der Waals surface area contributed by atoms with Crippen molar-refractivity contribution in [2.75, 3.05) is 5.75 Å². The van der Waals surface area contributed by atoms with Gasteiger partial charge in [0.15, 0.2) is 0 Å². The highest BCUT2D eigenvalue weighted by molar-refractivity contribution is 7.80. The summed E-state index contributed by atoms with van der Waals surface area (Å²) < 4.78 is 0. The summed E-state index contributed by atoms with van der Waals surface area (Å²) in [5.74, 6) is 0.936. The minimum absolute atomic E-state index is 0.936. The Bertz CT molecular complexity index is 277. The van der Waals surface area contributed by atoms with E-state index in [0.29, 0.717) is 0 Å². The second kappa shape index (κ2) is 3.99. The van der Waals surface area contributed by atoms with E-state index in [0.717, 1.165) is 12.2 Å². The molecule has 66 valence electrons. The van der Waals surface area contributed by atoms with Crippen molar-refractivity contribution in [1.82, 2.24) is 0 Å². The second-order valence-electron chi connectivity index (χ2n) is 3.28. The van der Waals surface area contributed by atoms with Gasteiger partial charge in [-0.2, -0.15) is 12.6 Å². The summed E-state index contributed by atoms with van der Waals surface area (Å²) in [5.41, 5.74) is 5.69. The van der Waals surface area contributed by atoms with Crippen molar-refractivity contribution in [2.45, 2.75) is 27.2 Å². The Morgan fingerprint density at radius 2 is 1.67 bits per heavy atom. The predicted molar refractivity (Wildman–Crippen MR) is 58.2 cm³/mol. The highest BCUT2D eigenvalue weighted by atomic mass is 32.1. The maximum atomic E-state index is 4.26. The van der Waals surface area contributed by atoms with Crippen molar-refractivity contribution in [3.63, 3.8) is 0 Å². The van der Waals surface area contributed by atoms with Crippen molar-refractivity contribution >= 4 is 12.6 Å². The SMILES string of the molecule is Cc1ccc(C)c(CCS)c1C. The fourth-order valence-corrected chi connectivity index (χ4v) is 1.73. The van der Waals surface area contributed by atoms with Crippen LogP contribution in [0.4, 0.5) is 0 Å². The molecule has 0 aromatic heterocycles. The van der Waals surface area contributed by atoms with E-state index < -0.39 is 0 Å². The monoisotopic (exact) mass is 180 g/mol. The lowest BCUT2D eigenvalue weighted by molar-refractivity contribution is 1.08. The van der Waals surface area contributed by atoms with E-state index in [4.69, 9.17) is 0 Å². The summed E-state index contributed by atoms with van der Waals surface area (Å²) in [6.07, 6.45) is 1.09. The molecule has 0 atom stereocenters. The fraction of sp³-hybridized carbons (Fsp3) is 0.455. The molecular formula is C11H16S. The van der Waals surface area contributed by atoms with Gasteiger partial charge in [-0.15, -0.1) is 0 Å². The van der Waals surface area contributed by atoms with Gasteiger partial charge in [0.05, 0.1) is 0 Å². The summed E-state index contributed by atoms with van der Waals surface area (Å²) in [6.45, 7) is 6.53. The van der Waals surface area contributed by atoms with E-state index >= 15 is 0 Å². The van der Waals surface area contributed by atoms with Crippen LogP contribution in [0.2, 0.25) is 0 Å². The van der Waals surface area contributed by atoms with Crippen LogP contribution >= 0.6 is 12.6 Å². The van der Waals surface area contributed by atoms with Crippen molar-refractivity contribution in [2.24, 2.45) is 0 Å². The van der Waals surface area contributed by atoms with Gasteiger partial charge < -0.3 is 0 Å². The molecule has 0 aliphatic carbocycles. The molecular weight excluding hydrogens is 164 g/mol. The predicted octanol–water partition coefficient (Wildman–Crippen LogP) is 3.08. The highest BCUT2D eigenvalue weighted by Gasteiger charge is 2.02. The Morgan fingerprint density at radius 1 is 1.08 bits per heavy atom. The third kappa shape index (κ3) is 1.84. The van der Waals surface area contributed by atoms with Gasteiger partial charge in [0, 0.05) is 0 Å². The summed E-state index contributed by atoms with van der Waals surface area (Å²) in [5, 5.41) is 0. The standard InChI is InChI=1S/C11H16S/c1-8-4-5-9(2)11(6-7-12)10(8)3/h4-5,12H,6-7H2,1-3H3. The summed E-state index contributed by atoms with van der Waals surface area (Å²) in [4.78, 5) is 0. The minimum atomic E-state index is 0.936. The first-order chi connectivity index (χ1) is 5.66. The molecule has 12 heavy (non-hydrogen) atoms. The third-order valence-corrected chi connectivity index (χ3v) is 2.69. The molecule has 0 radical (unpaired) electrons. The largest absolute Gasteiger partial charge is 0.179 e. The van der Waals surface area contributed by atoms with Gasteiger partial charge in [0.25, 0.3) is 0 Å². The number of thiol groups is 1. The number of benzene rings is 1. The van der Waals surface area contributed by atoms with E-state index in [-0.39, 0.29) is 0 Å². The van der Waals surface area contributed by atoms with Crippen LogP contribution in [0.5, 0.6) is 0 Å². The molecule has 1 aromatic carbocycles. The zero-order chi connectivity index (χ0) is 9.14. The minimum Gasteiger partial charge on any atom is -0.179 e. The summed E-state index contributed by atoms with van der Waals surface area (Å²) in [6, 6.07) is 4.38. The first-order valence-corrected chi connectivity index (χ1v) is 4.96. The number of hydrogen-bond acceptors (Lipinski definition) is 1. The topological polar surface area (TPSA) is 0 Å². The van der Waals surface area contributed by atoms with E-state index in [2.05, 4.69) is 45.5 Å². The van der Waals surface area contributed by atoms with Crippen molar-refractivity contribution < 1.29 is 0 Å². The summed E-state index contributed by atoms with van der Waals surface area (Å²) in [7, 11) is 0. The quantitative estimate of drug-likeness (QED) is 0.664. The van der Waals surface area contributed by atoms with E-state index in [1.165, 1.54) is 22.3 Å². The molecule has 0 unspecified atom stereocenters. The lowest BCUT2D eigenvalue weighted by Gasteiger charge is -2.10. The van der Waals surface area contributed by atoms with E-state index in [1.54, 1.807) is 0 Å². The van der Waals surface area contributed by atoms with Gasteiger partial charge in [0.1, 0.15) is 0 Å². The molecule has 0 fully saturated rings. The molecule has 0 spiro atoms. The van der Waals surface area contributed by atoms with Gasteiger partial charge in [-0.05, 0) is 55.2 Å². The molecule has 0 aliphatic rings. The van der Waals surface area contributed by atoms with Crippen LogP contribution < -0.4 is 0 Å². The molecule has 1 rings (SSSR count). The first kappa shape index (κ1) is 9.66. The van der Waals surface area contributed by atoms with Crippen molar-refractivity contribution in [1.29, 1.82) is 0 Å². The van der Waals surface area contributed by atoms with E-state index in [9.17, 15) is 0 Å². The van der Waals surface area contributed by atoms with Crippen LogP contribution in [-0.4, -0.2) is 5.75 Å².